The van der Waals surface area contributed by atoms with Gasteiger partial charge >= 0.3 is 0 Å². The van der Waals surface area contributed by atoms with Crippen LogP contribution < -0.4 is 5.32 Å². The van der Waals surface area contributed by atoms with Gasteiger partial charge in [-0.2, -0.15) is 0 Å². The Kier molecular flexibility index (Phi) is 55.5. The van der Waals surface area contributed by atoms with Gasteiger partial charge in [0.2, 0.25) is 5.91 Å². The van der Waals surface area contributed by atoms with Crippen molar-refractivity contribution in [1.29, 1.82) is 0 Å². The van der Waals surface area contributed by atoms with E-state index in [9.17, 15) is 45.6 Å². The van der Waals surface area contributed by atoms with Crippen LogP contribution in [0.4, 0.5) is 0 Å². The molecule has 12 atom stereocenters. The monoisotopic (exact) mass is 1280 g/mol. The highest BCUT2D eigenvalue weighted by molar-refractivity contribution is 5.76. The van der Waals surface area contributed by atoms with Crippen molar-refractivity contribution in [3.8, 4) is 0 Å². The molecule has 0 aliphatic carbocycles. The summed E-state index contributed by atoms with van der Waals surface area (Å²) in [6, 6.07) is -0.921. The Labute approximate surface area is 553 Å². The van der Waals surface area contributed by atoms with Crippen LogP contribution in [-0.4, -0.2) is 140 Å². The number of carbonyl (C=O) groups is 1. The van der Waals surface area contributed by atoms with Crippen molar-refractivity contribution in [2.75, 3.05) is 19.8 Å². The van der Waals surface area contributed by atoms with Gasteiger partial charge in [-0.3, -0.25) is 4.79 Å². The predicted octanol–water partition coefficient (Wildman–Crippen LogP) is 15.5. The van der Waals surface area contributed by atoms with E-state index in [1.807, 2.05) is 6.08 Å². The topological polar surface area (TPSA) is 228 Å². The second kappa shape index (κ2) is 60.3. The van der Waals surface area contributed by atoms with E-state index >= 15 is 0 Å². The number of nitrogens with one attached hydrogen (secondary N) is 1. The lowest BCUT2D eigenvalue weighted by Gasteiger charge is -2.46. The van der Waals surface area contributed by atoms with Crippen molar-refractivity contribution in [1.82, 2.24) is 5.32 Å². The largest absolute Gasteiger partial charge is 0.394 e. The Bertz CT molecular complexity index is 1950. The number of rotatable bonds is 59. The van der Waals surface area contributed by atoms with Crippen LogP contribution in [0.25, 0.3) is 0 Å². The summed E-state index contributed by atoms with van der Waals surface area (Å²) in [6.45, 7) is 2.70. The summed E-state index contributed by atoms with van der Waals surface area (Å²) in [6.07, 6.45) is 70.0. The standard InChI is InChI=1S/C77H133NO13/c1-3-5-7-9-11-13-15-17-19-21-23-24-25-26-27-28-29-30-31-32-33-34-35-36-37-38-39-40-41-42-43-45-47-49-51-53-55-57-59-61-69(82)78-65(66(81)60-58-56-54-52-50-48-46-44-22-20-18-16-14-12-10-8-6-4-2)64-88-76-74(87)72(85)75(68(63-80)90-76)91-77-73(86)71(84)70(83)67(62-79)89-77/h5,7,11,13,17,19,23-24,26-27,29-30,32-33,35-36,58,60,65-68,70-77,79-81,83-87H,3-4,6,8-10,12,14-16,18,20-22,25,28,31,34,37-57,59,61-64H2,1-2H3,(H,78,82)/b7-5-,13-11-,19-17-,24-23-,27-26-,30-29-,33-32-,36-35-,60-58+. The molecule has 2 fully saturated rings. The van der Waals surface area contributed by atoms with Crippen LogP contribution in [0.3, 0.4) is 0 Å². The molecule has 0 bridgehead atoms. The Hall–Kier alpha value is -3.35. The zero-order valence-electron chi connectivity index (χ0n) is 57.1. The van der Waals surface area contributed by atoms with Gasteiger partial charge in [0.05, 0.1) is 32.0 Å². The van der Waals surface area contributed by atoms with Crippen LogP contribution >= 0.6 is 0 Å². The van der Waals surface area contributed by atoms with Gasteiger partial charge in [-0.1, -0.05) is 297 Å². The molecule has 0 aromatic rings. The average Bonchev–Trinajstić information content (AvgIpc) is 1.19. The second-order valence-corrected chi connectivity index (χ2v) is 25.3. The molecule has 0 radical (unpaired) electrons. The summed E-state index contributed by atoms with van der Waals surface area (Å²) in [7, 11) is 0. The number of ether oxygens (including phenoxy) is 4. The van der Waals surface area contributed by atoms with Gasteiger partial charge in [-0.15, -0.1) is 0 Å². The quantitative estimate of drug-likeness (QED) is 0.0204. The third-order valence-electron chi connectivity index (χ3n) is 17.2. The van der Waals surface area contributed by atoms with E-state index in [-0.39, 0.29) is 18.9 Å². The molecule has 9 N–H and O–H groups in total. The van der Waals surface area contributed by atoms with E-state index in [1.165, 1.54) is 161 Å². The van der Waals surface area contributed by atoms with Gasteiger partial charge < -0.3 is 65.1 Å². The zero-order valence-corrected chi connectivity index (χ0v) is 57.1. The normalized spacial score (nSPS) is 23.5. The fourth-order valence-corrected chi connectivity index (χ4v) is 11.4. The molecule has 2 rings (SSSR count). The first-order chi connectivity index (χ1) is 44.6. The summed E-state index contributed by atoms with van der Waals surface area (Å²) >= 11 is 0. The highest BCUT2D eigenvalue weighted by Gasteiger charge is 2.51. The maximum Gasteiger partial charge on any atom is 0.220 e. The third kappa shape index (κ3) is 44.1. The lowest BCUT2D eigenvalue weighted by atomic mass is 9.97. The van der Waals surface area contributed by atoms with E-state index in [1.54, 1.807) is 6.08 Å². The SMILES string of the molecule is CC/C=C\C/C=C\C/C=C\C/C=C\C/C=C\C/C=C\C/C=C\C/C=C\CCCCCCCCCCCCCCCCC(=O)NC(COC1OC(CO)C(OC2OC(CO)C(O)C(O)C2O)C(O)C1O)C(O)/C=C/CCCCCCCCCCCCCCCCCC. The minimum atomic E-state index is -1.79. The van der Waals surface area contributed by atoms with Crippen LogP contribution in [0.5, 0.6) is 0 Å². The fourth-order valence-electron chi connectivity index (χ4n) is 11.4. The zero-order chi connectivity index (χ0) is 65.9. The van der Waals surface area contributed by atoms with E-state index in [2.05, 4.69) is 116 Å². The van der Waals surface area contributed by atoms with Crippen LogP contribution in [0.2, 0.25) is 0 Å². The van der Waals surface area contributed by atoms with E-state index in [4.69, 9.17) is 18.9 Å². The van der Waals surface area contributed by atoms with Crippen molar-refractivity contribution in [3.63, 3.8) is 0 Å². The molecule has 14 heteroatoms. The van der Waals surface area contributed by atoms with Gasteiger partial charge in [-0.05, 0) is 83.5 Å². The number of unbranched alkanes of at least 4 members (excludes halogenated alkanes) is 30. The number of aliphatic hydroxyl groups is 8. The molecular formula is C77H133NO13. The molecule has 91 heavy (non-hydrogen) atoms. The smallest absolute Gasteiger partial charge is 0.220 e. The fraction of sp³-hybridized carbons (Fsp3) is 0.753. The summed E-state index contributed by atoms with van der Waals surface area (Å²) < 4.78 is 22.9. The van der Waals surface area contributed by atoms with E-state index in [0.717, 1.165) is 89.9 Å². The maximum atomic E-state index is 13.3. The Morgan fingerprint density at radius 3 is 1.16 bits per heavy atom. The molecule has 524 valence electrons. The van der Waals surface area contributed by atoms with Crippen LogP contribution in [0.1, 0.15) is 277 Å². The van der Waals surface area contributed by atoms with Gasteiger partial charge in [-0.25, -0.2) is 0 Å². The molecule has 2 saturated heterocycles. The molecule has 2 aliphatic rings. The van der Waals surface area contributed by atoms with Gasteiger partial charge in [0.1, 0.15) is 48.8 Å². The summed E-state index contributed by atoms with van der Waals surface area (Å²) in [5.74, 6) is -0.241. The van der Waals surface area contributed by atoms with Crippen molar-refractivity contribution in [2.24, 2.45) is 0 Å². The Morgan fingerprint density at radius 2 is 0.758 bits per heavy atom. The first-order valence-electron chi connectivity index (χ1n) is 36.6. The second-order valence-electron chi connectivity index (χ2n) is 25.3. The molecule has 0 spiro atoms. The van der Waals surface area contributed by atoms with Crippen LogP contribution in [0, 0.1) is 0 Å². The average molecular weight is 1280 g/mol. The van der Waals surface area contributed by atoms with Crippen molar-refractivity contribution in [2.45, 2.75) is 351 Å². The van der Waals surface area contributed by atoms with Crippen LogP contribution in [-0.2, 0) is 23.7 Å². The lowest BCUT2D eigenvalue weighted by molar-refractivity contribution is -0.359. The Balaban J connectivity index is 1.61. The van der Waals surface area contributed by atoms with Crippen molar-refractivity contribution < 1.29 is 64.6 Å². The Morgan fingerprint density at radius 1 is 0.407 bits per heavy atom. The van der Waals surface area contributed by atoms with E-state index < -0.39 is 86.8 Å². The number of aliphatic hydroxyl groups excluding tert-OH is 8. The van der Waals surface area contributed by atoms with Gasteiger partial charge in [0.25, 0.3) is 0 Å². The van der Waals surface area contributed by atoms with Crippen molar-refractivity contribution >= 4 is 5.91 Å². The number of hydrogen-bond donors (Lipinski definition) is 9. The molecule has 14 nitrogen and oxygen atoms in total. The molecule has 2 heterocycles. The summed E-state index contributed by atoms with van der Waals surface area (Å²) in [4.78, 5) is 13.3. The van der Waals surface area contributed by atoms with Gasteiger partial charge in [0.15, 0.2) is 12.6 Å². The first-order valence-corrected chi connectivity index (χ1v) is 36.6. The number of allylic oxidation sites excluding steroid dienone is 17. The van der Waals surface area contributed by atoms with Gasteiger partial charge in [0, 0.05) is 6.42 Å². The highest BCUT2D eigenvalue weighted by Crippen LogP contribution is 2.30. The molecule has 0 aromatic heterocycles. The third-order valence-corrected chi connectivity index (χ3v) is 17.2. The number of carbonyl (C=O) groups excluding carboxylic acids is 1. The molecular weight excluding hydrogens is 1150 g/mol. The molecule has 12 unspecified atom stereocenters. The minimum Gasteiger partial charge on any atom is -0.394 e. The summed E-state index contributed by atoms with van der Waals surface area (Å²) in [5.41, 5.74) is 0. The van der Waals surface area contributed by atoms with E-state index in [0.29, 0.717) is 6.42 Å². The minimum absolute atomic E-state index is 0.241. The molecule has 2 aliphatic heterocycles. The van der Waals surface area contributed by atoms with Crippen LogP contribution in [0.15, 0.2) is 109 Å². The predicted molar refractivity (Wildman–Crippen MR) is 373 cm³/mol. The number of amides is 1. The lowest BCUT2D eigenvalue weighted by Crippen LogP contribution is -2.65. The van der Waals surface area contributed by atoms with Crippen molar-refractivity contribution in [3.05, 3.63) is 109 Å². The number of hydrogen-bond acceptors (Lipinski definition) is 13. The highest BCUT2D eigenvalue weighted by atomic mass is 16.7. The summed E-state index contributed by atoms with van der Waals surface area (Å²) in [5, 5.41) is 87.4. The molecule has 1 amide bonds. The molecule has 0 aromatic carbocycles. The first kappa shape index (κ1) is 83.7. The maximum absolute atomic E-state index is 13.3. The molecule has 0 saturated carbocycles.